The van der Waals surface area contributed by atoms with Crippen LogP contribution in [0.3, 0.4) is 0 Å². The Kier molecular flexibility index (Phi) is 10.6. The minimum Gasteiger partial charge on any atom is -0.465 e. The summed E-state index contributed by atoms with van der Waals surface area (Å²) >= 11 is 0. The molecule has 4 rings (SSSR count). The standard InChI is InChI=1S/C26H38N6O3.2ClH/c1-5-31(26(34)35)24-14-18(2)32(4,19(3)33)25-7-6-20(15-23(24)25)21-16-28-30(17-21)13-12-29-10-8-22(27)9-11-29;;/h6-7,15-18,22,24H,5,8-14,27H2,1-4H3;2*1H/p+1/t18-,24?,32+;;/m0../s1. The third kappa shape index (κ3) is 6.12. The number of hydrogen-bond acceptors (Lipinski definition) is 5. The number of carboxylic acid groups (broad SMARTS) is 1. The van der Waals surface area contributed by atoms with Crippen molar-refractivity contribution in [3.63, 3.8) is 0 Å². The molecular weight excluding hydrogens is 515 g/mol. The highest BCUT2D eigenvalue weighted by molar-refractivity contribution is 5.89. The SMILES string of the molecule is CCN(C(=O)O)C1C[C@H](C)[N@+](C)(C(C)=O)c2ccc(-c3cnn(CCN4CCC(N)CC4)c3)cc21.Cl.Cl. The Balaban J connectivity index is 0.00000241. The smallest absolute Gasteiger partial charge is 0.407 e. The number of fused-ring (bicyclic) bond motifs is 1. The van der Waals surface area contributed by atoms with Gasteiger partial charge in [-0.1, -0.05) is 0 Å². The molecule has 1 aromatic carbocycles. The number of hydrogen-bond donors (Lipinski definition) is 2. The molecule has 0 saturated carbocycles. The van der Waals surface area contributed by atoms with E-state index in [1.165, 1.54) is 4.90 Å². The van der Waals surface area contributed by atoms with Gasteiger partial charge in [-0.05, 0) is 57.5 Å². The first-order valence-electron chi connectivity index (χ1n) is 12.7. The molecule has 0 aliphatic carbocycles. The molecule has 0 bridgehead atoms. The number of carbonyl (C=O) groups excluding carboxylic acids is 1. The van der Waals surface area contributed by atoms with Crippen molar-refractivity contribution >= 4 is 42.5 Å². The van der Waals surface area contributed by atoms with Crippen molar-refractivity contribution in [2.45, 2.75) is 64.7 Å². The molecule has 3 atom stereocenters. The zero-order valence-corrected chi connectivity index (χ0v) is 23.8. The van der Waals surface area contributed by atoms with E-state index in [9.17, 15) is 14.7 Å². The van der Waals surface area contributed by atoms with Crippen LogP contribution in [0.15, 0.2) is 30.6 Å². The monoisotopic (exact) mass is 555 g/mol. The van der Waals surface area contributed by atoms with Gasteiger partial charge in [-0.15, -0.1) is 24.8 Å². The van der Waals surface area contributed by atoms with Crippen LogP contribution < -0.4 is 10.2 Å². The van der Waals surface area contributed by atoms with Crippen LogP contribution in [0.2, 0.25) is 0 Å². The summed E-state index contributed by atoms with van der Waals surface area (Å²) in [6.45, 7) is 9.70. The van der Waals surface area contributed by atoms with Gasteiger partial charge >= 0.3 is 12.0 Å². The first-order chi connectivity index (χ1) is 16.6. The fraction of sp³-hybridized carbons (Fsp3) is 0.577. The van der Waals surface area contributed by atoms with E-state index in [0.717, 1.165) is 61.4 Å². The molecule has 2 aliphatic heterocycles. The maximum absolute atomic E-state index is 12.8. The fourth-order valence-electron chi connectivity index (χ4n) is 5.64. The summed E-state index contributed by atoms with van der Waals surface area (Å²) in [6, 6.07) is 6.08. The minimum absolute atomic E-state index is 0. The van der Waals surface area contributed by atoms with Crippen molar-refractivity contribution in [3.8, 4) is 11.1 Å². The molecule has 206 valence electrons. The number of aromatic nitrogens is 2. The van der Waals surface area contributed by atoms with Crippen LogP contribution in [0.4, 0.5) is 10.5 Å². The Hall–Kier alpha value is -2.17. The Labute approximate surface area is 232 Å². The number of piperidine rings is 1. The van der Waals surface area contributed by atoms with E-state index in [0.29, 0.717) is 19.0 Å². The zero-order valence-electron chi connectivity index (χ0n) is 22.2. The van der Waals surface area contributed by atoms with Crippen LogP contribution in [0.1, 0.15) is 51.6 Å². The third-order valence-corrected chi connectivity index (χ3v) is 8.19. The lowest BCUT2D eigenvalue weighted by Crippen LogP contribution is -2.60. The Bertz CT molecular complexity index is 1090. The van der Waals surface area contributed by atoms with Crippen molar-refractivity contribution in [1.29, 1.82) is 0 Å². The average molecular weight is 557 g/mol. The average Bonchev–Trinajstić information content (AvgIpc) is 3.30. The number of nitrogens with zero attached hydrogens (tertiary/aromatic N) is 5. The number of amides is 2. The second-order valence-corrected chi connectivity index (χ2v) is 10.2. The van der Waals surface area contributed by atoms with Gasteiger partial charge < -0.3 is 20.6 Å². The molecule has 1 unspecified atom stereocenters. The van der Waals surface area contributed by atoms with Gasteiger partial charge in [0.15, 0.2) is 0 Å². The lowest BCUT2D eigenvalue weighted by molar-refractivity contribution is -0.129. The molecule has 1 fully saturated rings. The largest absolute Gasteiger partial charge is 0.465 e. The van der Waals surface area contributed by atoms with E-state index in [1.807, 2.05) is 50.1 Å². The first-order valence-corrected chi connectivity index (χ1v) is 12.7. The summed E-state index contributed by atoms with van der Waals surface area (Å²) in [6.07, 6.45) is 5.65. The van der Waals surface area contributed by atoms with Crippen molar-refractivity contribution in [2.75, 3.05) is 33.2 Å². The van der Waals surface area contributed by atoms with E-state index in [-0.39, 0.29) is 47.3 Å². The highest BCUT2D eigenvalue weighted by Crippen LogP contribution is 2.45. The zero-order chi connectivity index (χ0) is 25.3. The van der Waals surface area contributed by atoms with Gasteiger partial charge in [0.2, 0.25) is 0 Å². The molecule has 9 nitrogen and oxygen atoms in total. The lowest BCUT2D eigenvalue weighted by atomic mass is 9.86. The topological polar surface area (TPSA) is 105 Å². The Morgan fingerprint density at radius 3 is 2.46 bits per heavy atom. The summed E-state index contributed by atoms with van der Waals surface area (Å²) in [5, 5.41) is 14.5. The third-order valence-electron chi connectivity index (χ3n) is 8.19. The van der Waals surface area contributed by atoms with Crippen molar-refractivity contribution < 1.29 is 14.7 Å². The maximum atomic E-state index is 12.8. The number of likely N-dealkylation sites (tertiary alicyclic amines) is 1. The Morgan fingerprint density at radius 2 is 1.86 bits per heavy atom. The first kappa shape index (κ1) is 31.1. The number of quaternary nitrogens is 1. The summed E-state index contributed by atoms with van der Waals surface area (Å²) in [4.78, 5) is 28.7. The predicted octanol–water partition coefficient (Wildman–Crippen LogP) is 4.13. The lowest BCUT2D eigenvalue weighted by Gasteiger charge is -2.45. The highest BCUT2D eigenvalue weighted by atomic mass is 35.5. The van der Waals surface area contributed by atoms with Crippen LogP contribution >= 0.6 is 24.8 Å². The summed E-state index contributed by atoms with van der Waals surface area (Å²) in [7, 11) is 1.93. The van der Waals surface area contributed by atoms with Crippen molar-refractivity contribution in [3.05, 3.63) is 36.2 Å². The molecular formula is C26H41Cl2N6O3+. The van der Waals surface area contributed by atoms with Crippen LogP contribution in [0, 0.1) is 0 Å². The summed E-state index contributed by atoms with van der Waals surface area (Å²) < 4.78 is 2.14. The van der Waals surface area contributed by atoms with Gasteiger partial charge in [0.25, 0.3) is 0 Å². The van der Waals surface area contributed by atoms with E-state index in [2.05, 4.69) is 16.1 Å². The van der Waals surface area contributed by atoms with Gasteiger partial charge in [-0.3, -0.25) is 4.68 Å². The van der Waals surface area contributed by atoms with Crippen LogP contribution in [0.25, 0.3) is 11.1 Å². The quantitative estimate of drug-likeness (QED) is 0.519. The highest BCUT2D eigenvalue weighted by Gasteiger charge is 2.47. The maximum Gasteiger partial charge on any atom is 0.407 e. The number of carbonyl (C=O) groups is 2. The van der Waals surface area contributed by atoms with Gasteiger partial charge in [0.05, 0.1) is 38.8 Å². The van der Waals surface area contributed by atoms with E-state index in [4.69, 9.17) is 5.73 Å². The summed E-state index contributed by atoms with van der Waals surface area (Å²) in [5.41, 5.74) is 9.76. The van der Waals surface area contributed by atoms with Gasteiger partial charge in [0, 0.05) is 48.9 Å². The minimum atomic E-state index is -0.938. The van der Waals surface area contributed by atoms with E-state index in [1.54, 1.807) is 6.92 Å². The van der Waals surface area contributed by atoms with Gasteiger partial charge in [0.1, 0.15) is 5.69 Å². The second-order valence-electron chi connectivity index (χ2n) is 10.2. The van der Waals surface area contributed by atoms with E-state index < -0.39 is 6.09 Å². The molecule has 0 spiro atoms. The van der Waals surface area contributed by atoms with Crippen LogP contribution in [-0.2, 0) is 11.3 Å². The summed E-state index contributed by atoms with van der Waals surface area (Å²) in [5.74, 6) is 0.0508. The molecule has 0 radical (unpaired) electrons. The predicted molar refractivity (Wildman–Crippen MR) is 151 cm³/mol. The molecule has 3 heterocycles. The number of rotatable bonds is 6. The number of nitrogens with two attached hydrogens (primary N) is 1. The fourth-order valence-corrected chi connectivity index (χ4v) is 5.64. The van der Waals surface area contributed by atoms with Gasteiger partial charge in [-0.2, -0.15) is 5.10 Å². The van der Waals surface area contributed by atoms with Crippen molar-refractivity contribution in [2.24, 2.45) is 5.73 Å². The van der Waals surface area contributed by atoms with Crippen molar-refractivity contribution in [1.82, 2.24) is 24.1 Å². The van der Waals surface area contributed by atoms with E-state index >= 15 is 0 Å². The molecule has 1 saturated heterocycles. The normalized spacial score (nSPS) is 23.9. The molecule has 11 heteroatoms. The molecule has 37 heavy (non-hydrogen) atoms. The van der Waals surface area contributed by atoms with Crippen LogP contribution in [0.5, 0.6) is 0 Å². The molecule has 2 aliphatic rings. The Morgan fingerprint density at radius 1 is 1.19 bits per heavy atom. The molecule has 1 aromatic heterocycles. The molecule has 2 aromatic rings. The second kappa shape index (κ2) is 12.6. The van der Waals surface area contributed by atoms with Gasteiger partial charge in [-0.25, -0.2) is 14.1 Å². The molecule has 2 amide bonds. The molecule has 3 N–H and O–H groups in total. The number of halogens is 2. The number of benzene rings is 1. The van der Waals surface area contributed by atoms with Crippen LogP contribution in [-0.4, -0.2) is 82.0 Å².